The molecule has 3 nitrogen and oxygen atoms in total. The lowest BCUT2D eigenvalue weighted by atomic mass is 10.1. The number of aliphatic hydroxyl groups excluding tert-OH is 1. The highest BCUT2D eigenvalue weighted by Crippen LogP contribution is 2.34. The lowest BCUT2D eigenvalue weighted by Crippen LogP contribution is -2.06. The normalized spacial score (nSPS) is 11.8. The molecule has 0 fully saturated rings. The largest absolute Gasteiger partial charge is 0.485 e. The van der Waals surface area contributed by atoms with Crippen LogP contribution in [0, 0.1) is 5.82 Å². The first-order chi connectivity index (χ1) is 13.2. The number of alkyl halides is 1. The first kappa shape index (κ1) is 19.2. The van der Waals surface area contributed by atoms with Crippen molar-refractivity contribution in [1.29, 1.82) is 0 Å². The monoisotopic (exact) mass is 386 g/mol. The van der Waals surface area contributed by atoms with E-state index in [1.54, 1.807) is 0 Å². The SMILES string of the molecule is O[C@@H](CCl)c1cc(OCc2ccccc2)c(OCc2ccccc2)cc1F. The molecule has 0 amide bonds. The Bertz CT molecular complexity index is 856. The second kappa shape index (κ2) is 9.40. The van der Waals surface area contributed by atoms with Crippen molar-refractivity contribution in [1.82, 2.24) is 0 Å². The Morgan fingerprint density at radius 1 is 0.815 bits per heavy atom. The Hall–Kier alpha value is -2.56. The number of benzene rings is 3. The molecule has 3 aromatic rings. The minimum Gasteiger partial charge on any atom is -0.485 e. The summed E-state index contributed by atoms with van der Waals surface area (Å²) in [5, 5.41) is 9.95. The van der Waals surface area contributed by atoms with Crippen LogP contribution in [0.4, 0.5) is 4.39 Å². The van der Waals surface area contributed by atoms with Crippen LogP contribution in [0.3, 0.4) is 0 Å². The van der Waals surface area contributed by atoms with Gasteiger partial charge in [0.15, 0.2) is 11.5 Å². The summed E-state index contributed by atoms with van der Waals surface area (Å²) in [6, 6.07) is 21.9. The Labute approximate surface area is 162 Å². The number of hydrogen-bond acceptors (Lipinski definition) is 3. The molecule has 27 heavy (non-hydrogen) atoms. The highest BCUT2D eigenvalue weighted by Gasteiger charge is 2.18. The summed E-state index contributed by atoms with van der Waals surface area (Å²) in [5.41, 5.74) is 2.01. The zero-order chi connectivity index (χ0) is 19.1. The maximum Gasteiger partial charge on any atom is 0.164 e. The minimum absolute atomic E-state index is 0.0834. The summed E-state index contributed by atoms with van der Waals surface area (Å²) in [4.78, 5) is 0. The summed E-state index contributed by atoms with van der Waals surface area (Å²) in [5.74, 6) is -0.0642. The Morgan fingerprint density at radius 2 is 1.30 bits per heavy atom. The third-order valence-electron chi connectivity index (χ3n) is 4.04. The van der Waals surface area contributed by atoms with Crippen molar-refractivity contribution >= 4 is 11.6 Å². The second-order valence-corrected chi connectivity index (χ2v) is 6.35. The van der Waals surface area contributed by atoms with E-state index in [-0.39, 0.29) is 23.8 Å². The quantitative estimate of drug-likeness (QED) is 0.537. The van der Waals surface area contributed by atoms with Crippen LogP contribution in [0.2, 0.25) is 0 Å². The highest BCUT2D eigenvalue weighted by molar-refractivity contribution is 6.18. The van der Waals surface area contributed by atoms with Gasteiger partial charge in [0.25, 0.3) is 0 Å². The van der Waals surface area contributed by atoms with Crippen LogP contribution in [0.25, 0.3) is 0 Å². The van der Waals surface area contributed by atoms with E-state index in [9.17, 15) is 9.50 Å². The fourth-order valence-corrected chi connectivity index (χ4v) is 2.75. The molecule has 0 unspecified atom stereocenters. The van der Waals surface area contributed by atoms with E-state index in [2.05, 4.69) is 0 Å². The van der Waals surface area contributed by atoms with Gasteiger partial charge in [-0.2, -0.15) is 0 Å². The maximum absolute atomic E-state index is 14.4. The molecule has 0 aliphatic carbocycles. The molecule has 0 saturated carbocycles. The van der Waals surface area contributed by atoms with Gasteiger partial charge >= 0.3 is 0 Å². The van der Waals surface area contributed by atoms with E-state index >= 15 is 0 Å². The van der Waals surface area contributed by atoms with Crippen molar-refractivity contribution in [3.8, 4) is 11.5 Å². The van der Waals surface area contributed by atoms with Crippen LogP contribution in [0.5, 0.6) is 11.5 Å². The Morgan fingerprint density at radius 3 is 1.78 bits per heavy atom. The van der Waals surface area contributed by atoms with Gasteiger partial charge < -0.3 is 14.6 Å². The molecule has 0 spiro atoms. The molecular formula is C22H20ClFO3. The van der Waals surface area contributed by atoms with E-state index in [0.29, 0.717) is 12.4 Å². The molecule has 3 rings (SSSR count). The van der Waals surface area contributed by atoms with Crippen LogP contribution < -0.4 is 9.47 Å². The molecule has 0 radical (unpaired) electrons. The molecule has 0 aliphatic heterocycles. The van der Waals surface area contributed by atoms with Crippen molar-refractivity contribution in [2.75, 3.05) is 5.88 Å². The first-order valence-electron chi connectivity index (χ1n) is 8.58. The number of ether oxygens (including phenoxy) is 2. The van der Waals surface area contributed by atoms with Crippen LogP contribution in [0.15, 0.2) is 72.8 Å². The first-order valence-corrected chi connectivity index (χ1v) is 9.11. The third-order valence-corrected chi connectivity index (χ3v) is 4.33. The number of rotatable bonds is 8. The fraction of sp³-hybridized carbons (Fsp3) is 0.182. The van der Waals surface area contributed by atoms with Gasteiger partial charge in [0.1, 0.15) is 19.0 Å². The standard InChI is InChI=1S/C22H20ClFO3/c23-13-20(25)18-11-21(26-14-16-7-3-1-4-8-16)22(12-19(18)24)27-15-17-9-5-2-6-10-17/h1-12,20,25H,13-15H2/t20-/m0/s1. The molecule has 5 heteroatoms. The molecule has 0 heterocycles. The van der Waals surface area contributed by atoms with Crippen LogP contribution in [0.1, 0.15) is 22.8 Å². The zero-order valence-corrected chi connectivity index (χ0v) is 15.4. The summed E-state index contributed by atoms with van der Waals surface area (Å²) in [7, 11) is 0. The third kappa shape index (κ3) is 5.22. The van der Waals surface area contributed by atoms with Gasteiger partial charge in [-0.05, 0) is 17.2 Å². The van der Waals surface area contributed by atoms with Crippen LogP contribution >= 0.6 is 11.6 Å². The summed E-state index contributed by atoms with van der Waals surface area (Å²) in [6.45, 7) is 0.573. The van der Waals surface area contributed by atoms with Gasteiger partial charge in [0.05, 0.1) is 12.0 Å². The van der Waals surface area contributed by atoms with Gasteiger partial charge in [-0.1, -0.05) is 60.7 Å². The lowest BCUT2D eigenvalue weighted by Gasteiger charge is -2.17. The predicted octanol–water partition coefficient (Wildman–Crippen LogP) is 5.26. The molecule has 1 atom stereocenters. The molecule has 3 aromatic carbocycles. The second-order valence-electron chi connectivity index (χ2n) is 6.04. The Kier molecular flexibility index (Phi) is 6.69. The minimum atomic E-state index is -1.12. The summed E-state index contributed by atoms with van der Waals surface area (Å²) < 4.78 is 26.0. The molecule has 1 N–H and O–H groups in total. The maximum atomic E-state index is 14.4. The zero-order valence-electron chi connectivity index (χ0n) is 14.6. The van der Waals surface area contributed by atoms with Crippen LogP contribution in [-0.4, -0.2) is 11.0 Å². The van der Waals surface area contributed by atoms with E-state index in [4.69, 9.17) is 21.1 Å². The molecule has 0 aromatic heterocycles. The number of halogens is 2. The topological polar surface area (TPSA) is 38.7 Å². The number of aliphatic hydroxyl groups is 1. The molecule has 0 saturated heterocycles. The molecular weight excluding hydrogens is 367 g/mol. The van der Waals surface area contributed by atoms with E-state index in [1.165, 1.54) is 12.1 Å². The summed E-state index contributed by atoms with van der Waals surface area (Å²) in [6.07, 6.45) is -1.12. The summed E-state index contributed by atoms with van der Waals surface area (Å²) >= 11 is 5.68. The van der Waals surface area contributed by atoms with E-state index in [1.807, 2.05) is 60.7 Å². The average molecular weight is 387 g/mol. The average Bonchev–Trinajstić information content (AvgIpc) is 2.72. The van der Waals surface area contributed by atoms with E-state index in [0.717, 1.165) is 11.1 Å². The van der Waals surface area contributed by atoms with Crippen molar-refractivity contribution in [2.24, 2.45) is 0 Å². The number of hydrogen-bond donors (Lipinski definition) is 1. The van der Waals surface area contributed by atoms with E-state index < -0.39 is 11.9 Å². The smallest absolute Gasteiger partial charge is 0.164 e. The van der Waals surface area contributed by atoms with Gasteiger partial charge in [-0.3, -0.25) is 0 Å². The lowest BCUT2D eigenvalue weighted by molar-refractivity contribution is 0.195. The Balaban J connectivity index is 1.83. The molecule has 0 bridgehead atoms. The molecule has 140 valence electrons. The van der Waals surface area contributed by atoms with Crippen LogP contribution in [-0.2, 0) is 13.2 Å². The fourth-order valence-electron chi connectivity index (χ4n) is 2.59. The van der Waals surface area contributed by atoms with Crippen molar-refractivity contribution in [3.05, 3.63) is 95.3 Å². The van der Waals surface area contributed by atoms with Gasteiger partial charge in [0, 0.05) is 11.6 Å². The van der Waals surface area contributed by atoms with Gasteiger partial charge in [-0.15, -0.1) is 11.6 Å². The molecule has 0 aliphatic rings. The van der Waals surface area contributed by atoms with Gasteiger partial charge in [0.2, 0.25) is 0 Å². The van der Waals surface area contributed by atoms with Crippen molar-refractivity contribution in [2.45, 2.75) is 19.3 Å². The predicted molar refractivity (Wildman–Crippen MR) is 104 cm³/mol. The van der Waals surface area contributed by atoms with Crippen molar-refractivity contribution < 1.29 is 19.0 Å². The van der Waals surface area contributed by atoms with Crippen molar-refractivity contribution in [3.63, 3.8) is 0 Å². The van der Waals surface area contributed by atoms with Gasteiger partial charge in [-0.25, -0.2) is 4.39 Å². The highest BCUT2D eigenvalue weighted by atomic mass is 35.5.